The maximum absolute atomic E-state index is 12.3. The maximum Gasteiger partial charge on any atom is 0.244 e. The summed E-state index contributed by atoms with van der Waals surface area (Å²) in [5, 5.41) is 0. The predicted molar refractivity (Wildman–Crippen MR) is 76.5 cm³/mol. The Morgan fingerprint density at radius 2 is 2.20 bits per heavy atom. The van der Waals surface area contributed by atoms with E-state index in [1.807, 2.05) is 0 Å². The van der Waals surface area contributed by atoms with Crippen LogP contribution in [0.2, 0.25) is 0 Å². The van der Waals surface area contributed by atoms with Crippen molar-refractivity contribution in [3.63, 3.8) is 0 Å². The molecule has 0 aliphatic carbocycles. The van der Waals surface area contributed by atoms with Crippen LogP contribution in [0.15, 0.2) is 23.4 Å². The summed E-state index contributed by atoms with van der Waals surface area (Å²) in [4.78, 5) is 4.03. The molecule has 1 aromatic rings. The van der Waals surface area contributed by atoms with Crippen LogP contribution in [0.25, 0.3) is 0 Å². The van der Waals surface area contributed by atoms with Gasteiger partial charge in [-0.3, -0.25) is 4.98 Å². The van der Waals surface area contributed by atoms with Crippen molar-refractivity contribution in [1.29, 1.82) is 0 Å². The molecule has 0 fully saturated rings. The molecule has 0 aliphatic rings. The van der Waals surface area contributed by atoms with Crippen LogP contribution >= 0.6 is 0 Å². The largest absolute Gasteiger partial charge is 0.385 e. The van der Waals surface area contributed by atoms with Crippen LogP contribution < -0.4 is 5.73 Å². The summed E-state index contributed by atoms with van der Waals surface area (Å²) in [6, 6.07) is 1.50. The maximum atomic E-state index is 12.3. The van der Waals surface area contributed by atoms with Gasteiger partial charge in [0.1, 0.15) is 4.90 Å². The van der Waals surface area contributed by atoms with Gasteiger partial charge in [0.15, 0.2) is 0 Å². The Labute approximate surface area is 120 Å². The molecular weight excluding hydrogens is 278 g/mol. The topological polar surface area (TPSA) is 85.5 Å². The SMILES string of the molecule is COCCCN(C)S(=O)(=O)c1cncc(C#CCN)c1. The Bertz CT molecular complexity index is 590. The fourth-order valence-electron chi connectivity index (χ4n) is 1.51. The summed E-state index contributed by atoms with van der Waals surface area (Å²) in [6.07, 6.45) is 3.45. The molecule has 20 heavy (non-hydrogen) atoms. The highest BCUT2D eigenvalue weighted by molar-refractivity contribution is 7.89. The number of pyridine rings is 1. The number of nitrogens with two attached hydrogens (primary N) is 1. The van der Waals surface area contributed by atoms with Crippen molar-refractivity contribution in [3.05, 3.63) is 24.0 Å². The average Bonchev–Trinajstić information content (AvgIpc) is 2.45. The minimum atomic E-state index is -3.55. The molecule has 1 aromatic heterocycles. The number of hydrogen-bond acceptors (Lipinski definition) is 5. The number of ether oxygens (including phenoxy) is 1. The molecule has 2 N–H and O–H groups in total. The van der Waals surface area contributed by atoms with E-state index in [4.69, 9.17) is 10.5 Å². The van der Waals surface area contributed by atoms with Crippen LogP contribution in [-0.2, 0) is 14.8 Å². The molecule has 1 rings (SSSR count). The van der Waals surface area contributed by atoms with Crippen LogP contribution in [0.3, 0.4) is 0 Å². The molecule has 0 radical (unpaired) electrons. The summed E-state index contributed by atoms with van der Waals surface area (Å²) >= 11 is 0. The average molecular weight is 297 g/mol. The summed E-state index contributed by atoms with van der Waals surface area (Å²) < 4.78 is 30.8. The van der Waals surface area contributed by atoms with E-state index in [0.717, 1.165) is 0 Å². The second kappa shape index (κ2) is 7.97. The Morgan fingerprint density at radius 1 is 1.45 bits per heavy atom. The van der Waals surface area contributed by atoms with Crippen molar-refractivity contribution in [2.45, 2.75) is 11.3 Å². The van der Waals surface area contributed by atoms with Gasteiger partial charge in [-0.1, -0.05) is 11.8 Å². The second-order valence-electron chi connectivity index (χ2n) is 4.09. The number of aromatic nitrogens is 1. The van der Waals surface area contributed by atoms with E-state index >= 15 is 0 Å². The molecule has 0 unspecified atom stereocenters. The minimum Gasteiger partial charge on any atom is -0.385 e. The van der Waals surface area contributed by atoms with Gasteiger partial charge < -0.3 is 10.5 Å². The highest BCUT2D eigenvalue weighted by Crippen LogP contribution is 2.14. The van der Waals surface area contributed by atoms with E-state index in [1.165, 1.54) is 29.8 Å². The van der Waals surface area contributed by atoms with E-state index in [2.05, 4.69) is 16.8 Å². The normalized spacial score (nSPS) is 11.2. The molecule has 1 heterocycles. The Balaban J connectivity index is 2.91. The van der Waals surface area contributed by atoms with Crippen LogP contribution in [0.4, 0.5) is 0 Å². The van der Waals surface area contributed by atoms with Gasteiger partial charge in [0.05, 0.1) is 6.54 Å². The molecule has 0 amide bonds. The van der Waals surface area contributed by atoms with Gasteiger partial charge in [-0.25, -0.2) is 12.7 Å². The molecule has 0 aliphatic heterocycles. The van der Waals surface area contributed by atoms with Crippen LogP contribution in [0.1, 0.15) is 12.0 Å². The van der Waals surface area contributed by atoms with Crippen molar-refractivity contribution in [3.8, 4) is 11.8 Å². The zero-order chi connectivity index (χ0) is 15.0. The highest BCUT2D eigenvalue weighted by Gasteiger charge is 2.20. The summed E-state index contributed by atoms with van der Waals surface area (Å²) in [5.41, 5.74) is 5.81. The standard InChI is InChI=1S/C13H19N3O3S/c1-16(7-4-8-19-2)20(17,18)13-9-12(5-3-6-14)10-15-11-13/h9-11H,4,6-8,14H2,1-2H3. The summed E-state index contributed by atoms with van der Waals surface area (Å²) in [7, 11) is -0.438. The summed E-state index contributed by atoms with van der Waals surface area (Å²) in [5.74, 6) is 5.43. The van der Waals surface area contributed by atoms with E-state index in [0.29, 0.717) is 25.1 Å². The number of rotatable bonds is 6. The smallest absolute Gasteiger partial charge is 0.244 e. The minimum absolute atomic E-state index is 0.126. The Hall–Kier alpha value is -1.46. The van der Waals surface area contributed by atoms with E-state index in [-0.39, 0.29) is 11.4 Å². The summed E-state index contributed by atoms with van der Waals surface area (Å²) in [6.45, 7) is 1.11. The molecule has 110 valence electrons. The first-order chi connectivity index (χ1) is 9.52. The van der Waals surface area contributed by atoms with Gasteiger partial charge in [-0.2, -0.15) is 0 Å². The zero-order valence-corrected chi connectivity index (χ0v) is 12.5. The van der Waals surface area contributed by atoms with Gasteiger partial charge in [-0.15, -0.1) is 0 Å². The first kappa shape index (κ1) is 16.6. The lowest BCUT2D eigenvalue weighted by molar-refractivity contribution is 0.189. The van der Waals surface area contributed by atoms with Gasteiger partial charge in [0, 0.05) is 45.3 Å². The third-order valence-electron chi connectivity index (χ3n) is 2.58. The fourth-order valence-corrected chi connectivity index (χ4v) is 2.71. The highest BCUT2D eigenvalue weighted by atomic mass is 32.2. The Kier molecular flexibility index (Phi) is 6.61. The second-order valence-corrected chi connectivity index (χ2v) is 6.13. The molecule has 0 saturated carbocycles. The van der Waals surface area contributed by atoms with Gasteiger partial charge in [-0.05, 0) is 12.5 Å². The molecule has 0 aromatic carbocycles. The van der Waals surface area contributed by atoms with Crippen molar-refractivity contribution < 1.29 is 13.2 Å². The van der Waals surface area contributed by atoms with Crippen molar-refractivity contribution in [2.24, 2.45) is 5.73 Å². The van der Waals surface area contributed by atoms with E-state index in [1.54, 1.807) is 7.11 Å². The lowest BCUT2D eigenvalue weighted by Gasteiger charge is -2.16. The number of sulfonamides is 1. The molecular formula is C13H19N3O3S. The number of methoxy groups -OCH3 is 1. The quantitative estimate of drug-likeness (QED) is 0.592. The zero-order valence-electron chi connectivity index (χ0n) is 11.7. The van der Waals surface area contributed by atoms with E-state index < -0.39 is 10.0 Å². The van der Waals surface area contributed by atoms with Gasteiger partial charge in [0.2, 0.25) is 10.0 Å². The molecule has 0 atom stereocenters. The number of hydrogen-bond donors (Lipinski definition) is 1. The third kappa shape index (κ3) is 4.58. The van der Waals surface area contributed by atoms with Crippen molar-refractivity contribution in [1.82, 2.24) is 9.29 Å². The molecule has 0 spiro atoms. The monoisotopic (exact) mass is 297 g/mol. The van der Waals surface area contributed by atoms with Crippen LogP contribution in [0, 0.1) is 11.8 Å². The fraction of sp³-hybridized carbons (Fsp3) is 0.462. The van der Waals surface area contributed by atoms with Crippen molar-refractivity contribution >= 4 is 10.0 Å². The molecule has 7 heteroatoms. The lowest BCUT2D eigenvalue weighted by Crippen LogP contribution is -2.28. The first-order valence-corrected chi connectivity index (χ1v) is 7.55. The number of nitrogens with zero attached hydrogens (tertiary/aromatic N) is 2. The van der Waals surface area contributed by atoms with Crippen LogP contribution in [-0.4, -0.2) is 51.6 Å². The first-order valence-electron chi connectivity index (χ1n) is 6.11. The Morgan fingerprint density at radius 3 is 2.85 bits per heavy atom. The molecule has 0 saturated heterocycles. The van der Waals surface area contributed by atoms with Crippen LogP contribution in [0.5, 0.6) is 0 Å². The lowest BCUT2D eigenvalue weighted by atomic mass is 10.3. The van der Waals surface area contributed by atoms with Gasteiger partial charge in [0.25, 0.3) is 0 Å². The molecule has 6 nitrogen and oxygen atoms in total. The van der Waals surface area contributed by atoms with Gasteiger partial charge >= 0.3 is 0 Å². The molecule has 0 bridgehead atoms. The predicted octanol–water partition coefficient (Wildman–Crippen LogP) is 0.0488. The van der Waals surface area contributed by atoms with Crippen molar-refractivity contribution in [2.75, 3.05) is 33.9 Å². The third-order valence-corrected chi connectivity index (χ3v) is 4.40. The van der Waals surface area contributed by atoms with E-state index in [9.17, 15) is 8.42 Å².